The summed E-state index contributed by atoms with van der Waals surface area (Å²) < 4.78 is 1.95. The summed E-state index contributed by atoms with van der Waals surface area (Å²) >= 11 is 0. The van der Waals surface area contributed by atoms with Crippen LogP contribution >= 0.6 is 0 Å². The quantitative estimate of drug-likeness (QED) is 0.905. The molecule has 0 spiro atoms. The molecule has 108 valence electrons. The van der Waals surface area contributed by atoms with Crippen molar-refractivity contribution in [2.45, 2.75) is 52.6 Å². The average Bonchev–Trinajstić information content (AvgIpc) is 2.79. The van der Waals surface area contributed by atoms with Crippen LogP contribution < -0.4 is 10.2 Å². The van der Waals surface area contributed by atoms with Gasteiger partial charge in [-0.3, -0.25) is 4.68 Å². The molecule has 4 nitrogen and oxygen atoms in total. The number of hydrogen-bond donors (Lipinski definition) is 1. The maximum absolute atomic E-state index is 4.58. The molecule has 19 heavy (non-hydrogen) atoms. The number of aromatic nitrogens is 2. The molecule has 0 amide bonds. The third kappa shape index (κ3) is 2.94. The van der Waals surface area contributed by atoms with Gasteiger partial charge in [0, 0.05) is 38.4 Å². The summed E-state index contributed by atoms with van der Waals surface area (Å²) in [5.74, 6) is 0.719. The zero-order chi connectivity index (χ0) is 14.0. The summed E-state index contributed by atoms with van der Waals surface area (Å²) in [6, 6.07) is 1.13. The lowest BCUT2D eigenvalue weighted by molar-refractivity contribution is 0.315. The summed E-state index contributed by atoms with van der Waals surface area (Å²) in [6.45, 7) is 11.3. The lowest BCUT2D eigenvalue weighted by atomic mass is 9.95. The highest BCUT2D eigenvalue weighted by molar-refractivity contribution is 5.51. The van der Waals surface area contributed by atoms with E-state index in [-0.39, 0.29) is 0 Å². The predicted octanol–water partition coefficient (Wildman–Crippen LogP) is 2.20. The van der Waals surface area contributed by atoms with Crippen molar-refractivity contribution in [2.24, 2.45) is 13.0 Å². The fraction of sp³-hybridized carbons (Fsp3) is 0.800. The molecule has 1 aliphatic heterocycles. The van der Waals surface area contributed by atoms with Crippen LogP contribution in [0.3, 0.4) is 0 Å². The third-order valence-electron chi connectivity index (χ3n) is 4.46. The minimum atomic E-state index is 0.537. The fourth-order valence-electron chi connectivity index (χ4n) is 2.90. The van der Waals surface area contributed by atoms with Gasteiger partial charge in [0.2, 0.25) is 0 Å². The minimum Gasteiger partial charge on any atom is -0.363 e. The van der Waals surface area contributed by atoms with Gasteiger partial charge in [0.05, 0.1) is 11.4 Å². The summed E-state index contributed by atoms with van der Waals surface area (Å²) in [6.07, 6.45) is 4.41. The zero-order valence-corrected chi connectivity index (χ0v) is 13.0. The Morgan fingerprint density at radius 2 is 2.21 bits per heavy atom. The van der Waals surface area contributed by atoms with Gasteiger partial charge in [-0.05, 0) is 19.3 Å². The van der Waals surface area contributed by atoms with Crippen LogP contribution in [0.15, 0.2) is 6.20 Å². The van der Waals surface area contributed by atoms with Gasteiger partial charge in [0.25, 0.3) is 0 Å². The second-order valence-corrected chi connectivity index (χ2v) is 5.89. The smallest absolute Gasteiger partial charge is 0.0855 e. The molecule has 1 N–H and O–H groups in total. The van der Waals surface area contributed by atoms with E-state index in [9.17, 15) is 0 Å². The molecule has 1 fully saturated rings. The average molecular weight is 264 g/mol. The molecule has 2 heterocycles. The van der Waals surface area contributed by atoms with Crippen LogP contribution in [0.4, 0.5) is 5.69 Å². The standard InChI is InChI=1S/C15H28N4/c1-6-11(3)14-9-19(12(4)8-16-14)15-10-18(5)17-13(15)7-2/h10-12,14,16H,6-9H2,1-5H3. The first-order chi connectivity index (χ1) is 9.06. The summed E-state index contributed by atoms with van der Waals surface area (Å²) in [5.41, 5.74) is 2.55. The molecule has 0 aromatic carbocycles. The van der Waals surface area contributed by atoms with Gasteiger partial charge in [0.15, 0.2) is 0 Å². The molecule has 0 saturated carbocycles. The second-order valence-electron chi connectivity index (χ2n) is 5.89. The van der Waals surface area contributed by atoms with Crippen molar-refractivity contribution in [2.75, 3.05) is 18.0 Å². The van der Waals surface area contributed by atoms with Crippen LogP contribution in [-0.4, -0.2) is 35.0 Å². The van der Waals surface area contributed by atoms with Crippen LogP contribution in [0.1, 0.15) is 39.8 Å². The van der Waals surface area contributed by atoms with E-state index in [4.69, 9.17) is 0 Å². The van der Waals surface area contributed by atoms with E-state index in [1.54, 1.807) is 0 Å². The maximum Gasteiger partial charge on any atom is 0.0855 e. The zero-order valence-electron chi connectivity index (χ0n) is 13.0. The Hall–Kier alpha value is -1.03. The van der Waals surface area contributed by atoms with Crippen molar-refractivity contribution in [3.63, 3.8) is 0 Å². The number of aryl methyl sites for hydroxylation is 2. The fourth-order valence-corrected chi connectivity index (χ4v) is 2.90. The van der Waals surface area contributed by atoms with E-state index in [0.29, 0.717) is 12.1 Å². The Morgan fingerprint density at radius 1 is 1.47 bits per heavy atom. The van der Waals surface area contributed by atoms with Crippen LogP contribution in [0.25, 0.3) is 0 Å². The van der Waals surface area contributed by atoms with E-state index < -0.39 is 0 Å². The van der Waals surface area contributed by atoms with Gasteiger partial charge in [0.1, 0.15) is 0 Å². The lowest BCUT2D eigenvalue weighted by Gasteiger charge is -2.42. The van der Waals surface area contributed by atoms with Crippen LogP contribution in [0.5, 0.6) is 0 Å². The van der Waals surface area contributed by atoms with Gasteiger partial charge >= 0.3 is 0 Å². The molecule has 1 saturated heterocycles. The molecule has 1 aromatic heterocycles. The van der Waals surface area contributed by atoms with Crippen molar-refractivity contribution in [1.29, 1.82) is 0 Å². The highest BCUT2D eigenvalue weighted by Gasteiger charge is 2.29. The first-order valence-electron chi connectivity index (χ1n) is 7.59. The number of nitrogens with one attached hydrogen (secondary N) is 1. The summed E-state index contributed by atoms with van der Waals surface area (Å²) in [7, 11) is 2.02. The summed E-state index contributed by atoms with van der Waals surface area (Å²) in [4.78, 5) is 2.54. The highest BCUT2D eigenvalue weighted by Crippen LogP contribution is 2.25. The molecule has 2 rings (SSSR count). The molecule has 0 aliphatic carbocycles. The first-order valence-corrected chi connectivity index (χ1v) is 7.59. The Labute approximate surface area is 117 Å². The van der Waals surface area contributed by atoms with Crippen LogP contribution in [-0.2, 0) is 13.5 Å². The van der Waals surface area contributed by atoms with Crippen molar-refractivity contribution < 1.29 is 0 Å². The SMILES string of the molecule is CCc1nn(C)cc1N1CC(C(C)CC)NCC1C. The Kier molecular flexibility index (Phi) is 4.50. The molecule has 0 bridgehead atoms. The Balaban J connectivity index is 2.20. The second kappa shape index (κ2) is 5.95. The Morgan fingerprint density at radius 3 is 2.84 bits per heavy atom. The topological polar surface area (TPSA) is 33.1 Å². The Bertz CT molecular complexity index is 412. The third-order valence-corrected chi connectivity index (χ3v) is 4.46. The number of hydrogen-bond acceptors (Lipinski definition) is 3. The lowest BCUT2D eigenvalue weighted by Crippen LogP contribution is -2.57. The largest absolute Gasteiger partial charge is 0.363 e. The first kappa shape index (κ1) is 14.4. The van der Waals surface area contributed by atoms with Gasteiger partial charge in [-0.15, -0.1) is 0 Å². The van der Waals surface area contributed by atoms with E-state index >= 15 is 0 Å². The van der Waals surface area contributed by atoms with E-state index in [1.165, 1.54) is 17.8 Å². The number of anilines is 1. The predicted molar refractivity (Wildman–Crippen MR) is 80.6 cm³/mol. The van der Waals surface area contributed by atoms with Crippen LogP contribution in [0.2, 0.25) is 0 Å². The number of rotatable bonds is 4. The van der Waals surface area contributed by atoms with Crippen molar-refractivity contribution >= 4 is 5.69 Å². The van der Waals surface area contributed by atoms with E-state index in [2.05, 4.69) is 49.2 Å². The molecular formula is C15H28N4. The molecule has 4 heteroatoms. The van der Waals surface area contributed by atoms with Gasteiger partial charge in [-0.25, -0.2) is 0 Å². The van der Waals surface area contributed by atoms with Crippen molar-refractivity contribution in [3.05, 3.63) is 11.9 Å². The summed E-state index contributed by atoms with van der Waals surface area (Å²) in [5, 5.41) is 8.28. The molecule has 3 unspecified atom stereocenters. The number of nitrogens with zero attached hydrogens (tertiary/aromatic N) is 3. The number of piperazine rings is 1. The highest BCUT2D eigenvalue weighted by atomic mass is 15.3. The van der Waals surface area contributed by atoms with Gasteiger partial charge in [-0.1, -0.05) is 27.2 Å². The van der Waals surface area contributed by atoms with E-state index in [0.717, 1.165) is 25.4 Å². The molecule has 3 atom stereocenters. The minimum absolute atomic E-state index is 0.537. The molecular weight excluding hydrogens is 236 g/mol. The molecule has 1 aromatic rings. The molecule has 1 aliphatic rings. The van der Waals surface area contributed by atoms with Gasteiger partial charge in [-0.2, -0.15) is 5.10 Å². The van der Waals surface area contributed by atoms with Crippen LogP contribution in [0, 0.1) is 5.92 Å². The molecule has 0 radical (unpaired) electrons. The van der Waals surface area contributed by atoms with Crippen molar-refractivity contribution in [1.82, 2.24) is 15.1 Å². The van der Waals surface area contributed by atoms with Gasteiger partial charge < -0.3 is 10.2 Å². The van der Waals surface area contributed by atoms with Crippen molar-refractivity contribution in [3.8, 4) is 0 Å². The monoisotopic (exact) mass is 264 g/mol. The van der Waals surface area contributed by atoms with E-state index in [1.807, 2.05) is 11.7 Å². The normalized spacial score (nSPS) is 25.6. The maximum atomic E-state index is 4.58.